The Kier molecular flexibility index (Phi) is 4.21. The highest BCUT2D eigenvalue weighted by atomic mass is 35.5. The van der Waals surface area contributed by atoms with Crippen LogP contribution in [0.5, 0.6) is 0 Å². The molecule has 0 saturated heterocycles. The van der Waals surface area contributed by atoms with E-state index in [1.807, 2.05) is 44.2 Å². The van der Waals surface area contributed by atoms with Crippen molar-refractivity contribution in [1.29, 1.82) is 5.26 Å². The molecule has 0 N–H and O–H groups in total. The van der Waals surface area contributed by atoms with Crippen molar-refractivity contribution in [3.05, 3.63) is 41.2 Å². The molecule has 0 bridgehead atoms. The lowest BCUT2D eigenvalue weighted by atomic mass is 10.1. The van der Waals surface area contributed by atoms with Crippen LogP contribution in [-0.2, 0) is 0 Å². The van der Waals surface area contributed by atoms with Gasteiger partial charge in [0.2, 0.25) is 0 Å². The van der Waals surface area contributed by atoms with Gasteiger partial charge in [0.1, 0.15) is 11.7 Å². The van der Waals surface area contributed by atoms with Gasteiger partial charge in [0, 0.05) is 17.6 Å². The summed E-state index contributed by atoms with van der Waals surface area (Å²) in [5, 5.41) is 10.7. The highest BCUT2D eigenvalue weighted by Gasteiger charge is 2.21. The standard InChI is InChI=1S/C15H14ClN3O/c1-10(2)19(8-7-17)15(20)13-9-18-14(16)12-6-4-3-5-11(12)13/h3-6,9-10H,8H2,1-2H3. The van der Waals surface area contributed by atoms with Gasteiger partial charge in [0.25, 0.3) is 5.91 Å². The first kappa shape index (κ1) is 14.3. The van der Waals surface area contributed by atoms with Crippen LogP contribution in [0.3, 0.4) is 0 Å². The molecule has 1 aromatic heterocycles. The zero-order valence-electron chi connectivity index (χ0n) is 11.3. The van der Waals surface area contributed by atoms with Crippen LogP contribution in [0, 0.1) is 11.3 Å². The van der Waals surface area contributed by atoms with Crippen LogP contribution in [0.2, 0.25) is 5.15 Å². The average molecular weight is 288 g/mol. The minimum atomic E-state index is -0.207. The molecule has 0 unspecified atom stereocenters. The number of nitrogens with zero attached hydrogens (tertiary/aromatic N) is 3. The maximum atomic E-state index is 12.6. The third-order valence-corrected chi connectivity index (χ3v) is 3.40. The molecule has 4 nitrogen and oxygen atoms in total. The average Bonchev–Trinajstić information content (AvgIpc) is 2.44. The number of carbonyl (C=O) groups is 1. The quantitative estimate of drug-likeness (QED) is 0.643. The number of hydrogen-bond acceptors (Lipinski definition) is 3. The Bertz CT molecular complexity index is 691. The van der Waals surface area contributed by atoms with E-state index in [9.17, 15) is 4.79 Å². The molecule has 0 aliphatic carbocycles. The highest BCUT2D eigenvalue weighted by molar-refractivity contribution is 6.34. The Morgan fingerprint density at radius 1 is 1.40 bits per heavy atom. The lowest BCUT2D eigenvalue weighted by Gasteiger charge is -2.24. The van der Waals surface area contributed by atoms with E-state index >= 15 is 0 Å². The molecule has 5 heteroatoms. The van der Waals surface area contributed by atoms with E-state index < -0.39 is 0 Å². The molecule has 1 amide bonds. The van der Waals surface area contributed by atoms with E-state index in [4.69, 9.17) is 16.9 Å². The number of pyridine rings is 1. The zero-order chi connectivity index (χ0) is 14.7. The molecule has 0 aliphatic rings. The number of hydrogen-bond donors (Lipinski definition) is 0. The Labute approximate surface area is 122 Å². The second kappa shape index (κ2) is 5.89. The van der Waals surface area contributed by atoms with Crippen LogP contribution < -0.4 is 0 Å². The van der Waals surface area contributed by atoms with Gasteiger partial charge in [-0.3, -0.25) is 4.79 Å². The molecule has 0 saturated carbocycles. The lowest BCUT2D eigenvalue weighted by Crippen LogP contribution is -2.37. The van der Waals surface area contributed by atoms with Gasteiger partial charge in [0.05, 0.1) is 11.6 Å². The Morgan fingerprint density at radius 3 is 2.65 bits per heavy atom. The van der Waals surface area contributed by atoms with Gasteiger partial charge in [-0.15, -0.1) is 0 Å². The molecular weight excluding hydrogens is 274 g/mol. The van der Waals surface area contributed by atoms with Gasteiger partial charge in [-0.1, -0.05) is 35.9 Å². The van der Waals surface area contributed by atoms with Crippen LogP contribution in [0.4, 0.5) is 0 Å². The van der Waals surface area contributed by atoms with E-state index in [0.29, 0.717) is 10.7 Å². The van der Waals surface area contributed by atoms with Crippen molar-refractivity contribution in [1.82, 2.24) is 9.88 Å². The number of halogens is 1. The molecule has 0 fully saturated rings. The number of fused-ring (bicyclic) bond motifs is 1. The number of benzene rings is 1. The molecule has 20 heavy (non-hydrogen) atoms. The van der Waals surface area contributed by atoms with Gasteiger partial charge < -0.3 is 4.90 Å². The van der Waals surface area contributed by atoms with Crippen molar-refractivity contribution >= 4 is 28.3 Å². The smallest absolute Gasteiger partial charge is 0.257 e. The van der Waals surface area contributed by atoms with E-state index in [1.165, 1.54) is 11.1 Å². The largest absolute Gasteiger partial charge is 0.323 e. The second-order valence-corrected chi connectivity index (χ2v) is 5.05. The summed E-state index contributed by atoms with van der Waals surface area (Å²) in [6, 6.07) is 9.31. The maximum Gasteiger partial charge on any atom is 0.257 e. The van der Waals surface area contributed by atoms with Crippen molar-refractivity contribution < 1.29 is 4.79 Å². The highest BCUT2D eigenvalue weighted by Crippen LogP contribution is 2.25. The van der Waals surface area contributed by atoms with E-state index in [1.54, 1.807) is 0 Å². The first-order chi connectivity index (χ1) is 9.56. The Hall–Kier alpha value is -2.12. The molecule has 1 aromatic carbocycles. The van der Waals surface area contributed by atoms with E-state index in [2.05, 4.69) is 4.98 Å². The molecular formula is C15H14ClN3O. The van der Waals surface area contributed by atoms with Crippen molar-refractivity contribution in [2.45, 2.75) is 19.9 Å². The van der Waals surface area contributed by atoms with Crippen LogP contribution in [0.15, 0.2) is 30.5 Å². The third-order valence-electron chi connectivity index (χ3n) is 3.10. The molecule has 0 atom stereocenters. The number of nitriles is 1. The molecule has 0 spiro atoms. The fourth-order valence-electron chi connectivity index (χ4n) is 2.05. The van der Waals surface area contributed by atoms with Gasteiger partial charge in [-0.25, -0.2) is 4.98 Å². The third kappa shape index (κ3) is 2.59. The minimum Gasteiger partial charge on any atom is -0.323 e. The summed E-state index contributed by atoms with van der Waals surface area (Å²) in [6.07, 6.45) is 1.47. The van der Waals surface area contributed by atoms with Gasteiger partial charge in [-0.2, -0.15) is 5.26 Å². The fourth-order valence-corrected chi connectivity index (χ4v) is 2.26. The van der Waals surface area contributed by atoms with Crippen LogP contribution in [0.25, 0.3) is 10.8 Å². The fraction of sp³-hybridized carbons (Fsp3) is 0.267. The van der Waals surface area contributed by atoms with Crippen LogP contribution in [0.1, 0.15) is 24.2 Å². The summed E-state index contributed by atoms with van der Waals surface area (Å²) in [7, 11) is 0. The van der Waals surface area contributed by atoms with Crippen molar-refractivity contribution in [2.24, 2.45) is 0 Å². The summed E-state index contributed by atoms with van der Waals surface area (Å²) < 4.78 is 0. The number of rotatable bonds is 3. The first-order valence-electron chi connectivity index (χ1n) is 6.27. The summed E-state index contributed by atoms with van der Waals surface area (Å²) in [4.78, 5) is 18.2. The normalized spacial score (nSPS) is 10.6. The summed E-state index contributed by atoms with van der Waals surface area (Å²) in [6.45, 7) is 3.80. The lowest BCUT2D eigenvalue weighted by molar-refractivity contribution is 0.0733. The number of amides is 1. The predicted octanol–water partition coefficient (Wildman–Crippen LogP) is 3.26. The minimum absolute atomic E-state index is 0.0491. The zero-order valence-corrected chi connectivity index (χ0v) is 12.1. The van der Waals surface area contributed by atoms with Gasteiger partial charge >= 0.3 is 0 Å². The SMILES string of the molecule is CC(C)N(CC#N)C(=O)c1cnc(Cl)c2ccccc12. The van der Waals surface area contributed by atoms with Crippen molar-refractivity contribution in [2.75, 3.05) is 6.54 Å². The molecule has 102 valence electrons. The maximum absolute atomic E-state index is 12.6. The molecule has 0 aliphatic heterocycles. The van der Waals surface area contributed by atoms with E-state index in [0.717, 1.165) is 10.8 Å². The van der Waals surface area contributed by atoms with Crippen LogP contribution >= 0.6 is 11.6 Å². The van der Waals surface area contributed by atoms with E-state index in [-0.39, 0.29) is 18.5 Å². The monoisotopic (exact) mass is 287 g/mol. The Balaban J connectivity index is 2.55. The molecule has 2 aromatic rings. The van der Waals surface area contributed by atoms with Crippen molar-refractivity contribution in [3.63, 3.8) is 0 Å². The summed E-state index contributed by atoms with van der Waals surface area (Å²) in [5.74, 6) is -0.207. The summed E-state index contributed by atoms with van der Waals surface area (Å²) >= 11 is 6.05. The number of carbonyl (C=O) groups excluding carboxylic acids is 1. The second-order valence-electron chi connectivity index (χ2n) is 4.69. The summed E-state index contributed by atoms with van der Waals surface area (Å²) in [5.41, 5.74) is 0.467. The Morgan fingerprint density at radius 2 is 2.05 bits per heavy atom. The van der Waals surface area contributed by atoms with Crippen molar-refractivity contribution in [3.8, 4) is 6.07 Å². The predicted molar refractivity (Wildman–Crippen MR) is 78.5 cm³/mol. The topological polar surface area (TPSA) is 57.0 Å². The first-order valence-corrected chi connectivity index (χ1v) is 6.65. The van der Waals surface area contributed by atoms with Gasteiger partial charge in [-0.05, 0) is 19.2 Å². The molecule has 0 radical (unpaired) electrons. The van der Waals surface area contributed by atoms with Crippen LogP contribution in [-0.4, -0.2) is 28.4 Å². The molecule has 2 rings (SSSR count). The molecule has 1 heterocycles. The van der Waals surface area contributed by atoms with Gasteiger partial charge in [0.15, 0.2) is 0 Å². The number of aromatic nitrogens is 1.